The number of carbonyl (C=O) groups excluding carboxylic acids is 2. The number of ether oxygens (including phenoxy) is 3. The topological polar surface area (TPSA) is 113 Å². The van der Waals surface area contributed by atoms with Crippen LogP contribution in [-0.2, 0) is 11.4 Å². The third kappa shape index (κ3) is 5.47. The summed E-state index contributed by atoms with van der Waals surface area (Å²) >= 11 is 0. The van der Waals surface area contributed by atoms with Gasteiger partial charge < -0.3 is 19.9 Å². The lowest BCUT2D eigenvalue weighted by molar-refractivity contribution is -0.118. The van der Waals surface area contributed by atoms with Crippen LogP contribution >= 0.6 is 0 Å². The molecule has 0 spiro atoms. The molecule has 0 aliphatic carbocycles. The van der Waals surface area contributed by atoms with Crippen molar-refractivity contribution in [2.75, 3.05) is 13.2 Å². The fourth-order valence-corrected chi connectivity index (χ4v) is 1.89. The number of carbonyl (C=O) groups is 2. The van der Waals surface area contributed by atoms with E-state index in [1.165, 1.54) is 6.20 Å². The SMILES string of the molecule is CCOc1c(OCc2ccccc2)ccnc1OC(=O)NC(=O)CN. The Balaban J connectivity index is 2.14. The Bertz CT molecular complexity index is 721. The van der Waals surface area contributed by atoms with Crippen molar-refractivity contribution in [2.45, 2.75) is 13.5 Å². The van der Waals surface area contributed by atoms with Crippen LogP contribution in [0.1, 0.15) is 12.5 Å². The van der Waals surface area contributed by atoms with Gasteiger partial charge in [-0.15, -0.1) is 0 Å². The van der Waals surface area contributed by atoms with Crippen LogP contribution in [0.15, 0.2) is 42.6 Å². The molecule has 25 heavy (non-hydrogen) atoms. The van der Waals surface area contributed by atoms with Crippen molar-refractivity contribution in [3.63, 3.8) is 0 Å². The molecule has 2 amide bonds. The van der Waals surface area contributed by atoms with E-state index in [9.17, 15) is 9.59 Å². The third-order valence-electron chi connectivity index (χ3n) is 2.98. The second kappa shape index (κ2) is 9.24. The van der Waals surface area contributed by atoms with Crippen molar-refractivity contribution in [2.24, 2.45) is 5.73 Å². The molecule has 2 aromatic rings. The van der Waals surface area contributed by atoms with E-state index >= 15 is 0 Å². The van der Waals surface area contributed by atoms with E-state index in [1.807, 2.05) is 35.6 Å². The number of amides is 2. The molecule has 3 N–H and O–H groups in total. The lowest BCUT2D eigenvalue weighted by Gasteiger charge is -2.14. The first-order valence-corrected chi connectivity index (χ1v) is 7.64. The zero-order valence-electron chi connectivity index (χ0n) is 13.7. The zero-order valence-corrected chi connectivity index (χ0v) is 13.7. The van der Waals surface area contributed by atoms with E-state index < -0.39 is 12.0 Å². The van der Waals surface area contributed by atoms with Crippen molar-refractivity contribution >= 4 is 12.0 Å². The Morgan fingerprint density at radius 3 is 2.60 bits per heavy atom. The third-order valence-corrected chi connectivity index (χ3v) is 2.98. The number of nitrogens with two attached hydrogens (primary N) is 1. The summed E-state index contributed by atoms with van der Waals surface area (Å²) in [4.78, 5) is 26.8. The molecule has 0 unspecified atom stereocenters. The van der Waals surface area contributed by atoms with Crippen molar-refractivity contribution in [3.05, 3.63) is 48.2 Å². The second-order valence-corrected chi connectivity index (χ2v) is 4.79. The average Bonchev–Trinajstić information content (AvgIpc) is 2.62. The normalized spacial score (nSPS) is 10.0. The van der Waals surface area contributed by atoms with Gasteiger partial charge in [0, 0.05) is 12.3 Å². The molecule has 8 heteroatoms. The van der Waals surface area contributed by atoms with Gasteiger partial charge >= 0.3 is 6.09 Å². The summed E-state index contributed by atoms with van der Waals surface area (Å²) in [5, 5.41) is 1.96. The number of pyridine rings is 1. The highest BCUT2D eigenvalue weighted by Crippen LogP contribution is 2.35. The first-order chi connectivity index (χ1) is 12.1. The number of hydrogen-bond acceptors (Lipinski definition) is 7. The van der Waals surface area contributed by atoms with Crippen LogP contribution in [0, 0.1) is 0 Å². The summed E-state index contributed by atoms with van der Waals surface area (Å²) < 4.78 is 16.2. The Kier molecular flexibility index (Phi) is 6.73. The molecule has 0 atom stereocenters. The Morgan fingerprint density at radius 1 is 1.16 bits per heavy atom. The minimum absolute atomic E-state index is 0.102. The number of rotatable bonds is 7. The molecule has 132 valence electrons. The standard InChI is InChI=1S/C17H19N3O5/c1-2-23-15-13(24-11-12-6-4-3-5-7-12)8-9-19-16(15)25-17(22)20-14(21)10-18/h3-9H,2,10-11,18H2,1H3,(H,20,21,22). The highest BCUT2D eigenvalue weighted by Gasteiger charge is 2.18. The summed E-state index contributed by atoms with van der Waals surface area (Å²) in [6, 6.07) is 11.2. The molecule has 1 aromatic carbocycles. The summed E-state index contributed by atoms with van der Waals surface area (Å²) in [5.74, 6) is -0.223. The maximum absolute atomic E-state index is 11.7. The van der Waals surface area contributed by atoms with E-state index in [0.29, 0.717) is 19.0 Å². The first kappa shape index (κ1) is 18.2. The van der Waals surface area contributed by atoms with Crippen molar-refractivity contribution in [1.29, 1.82) is 0 Å². The summed E-state index contributed by atoms with van der Waals surface area (Å²) in [7, 11) is 0. The van der Waals surface area contributed by atoms with Gasteiger partial charge in [-0.3, -0.25) is 10.1 Å². The van der Waals surface area contributed by atoms with Gasteiger partial charge in [0.05, 0.1) is 13.2 Å². The molecule has 0 bridgehead atoms. The lowest BCUT2D eigenvalue weighted by atomic mass is 10.2. The van der Waals surface area contributed by atoms with Crippen molar-refractivity contribution in [3.8, 4) is 17.4 Å². The van der Waals surface area contributed by atoms with Gasteiger partial charge in [0.15, 0.2) is 5.75 Å². The summed E-state index contributed by atoms with van der Waals surface area (Å²) in [6.07, 6.45) is 0.417. The van der Waals surface area contributed by atoms with Gasteiger partial charge in [0.25, 0.3) is 5.88 Å². The van der Waals surface area contributed by atoms with Gasteiger partial charge in [-0.2, -0.15) is 0 Å². The number of benzene rings is 1. The van der Waals surface area contributed by atoms with Gasteiger partial charge in [-0.25, -0.2) is 9.78 Å². The fraction of sp³-hybridized carbons (Fsp3) is 0.235. The smallest absolute Gasteiger partial charge is 0.420 e. The predicted molar refractivity (Wildman–Crippen MR) is 89.4 cm³/mol. The maximum atomic E-state index is 11.7. The zero-order chi connectivity index (χ0) is 18.1. The monoisotopic (exact) mass is 345 g/mol. The number of nitrogens with one attached hydrogen (secondary N) is 1. The molecule has 2 rings (SSSR count). The number of nitrogens with zero attached hydrogens (tertiary/aromatic N) is 1. The highest BCUT2D eigenvalue weighted by molar-refractivity contribution is 5.93. The van der Waals surface area contributed by atoms with Gasteiger partial charge in [0.1, 0.15) is 6.61 Å². The van der Waals surface area contributed by atoms with Crippen LogP contribution in [-0.4, -0.2) is 30.1 Å². The Labute approximate surface area is 144 Å². The lowest BCUT2D eigenvalue weighted by Crippen LogP contribution is -2.37. The molecule has 0 fully saturated rings. The molecule has 1 aromatic heterocycles. The largest absolute Gasteiger partial charge is 0.486 e. The van der Waals surface area contributed by atoms with Crippen LogP contribution in [0.25, 0.3) is 0 Å². The molecule has 1 heterocycles. The van der Waals surface area contributed by atoms with E-state index in [-0.39, 0.29) is 18.2 Å². The fourth-order valence-electron chi connectivity index (χ4n) is 1.89. The minimum Gasteiger partial charge on any atom is -0.486 e. The molecular weight excluding hydrogens is 326 g/mol. The van der Waals surface area contributed by atoms with E-state index in [0.717, 1.165) is 5.56 Å². The van der Waals surface area contributed by atoms with E-state index in [4.69, 9.17) is 19.9 Å². The molecule has 0 aliphatic rings. The number of aromatic nitrogens is 1. The van der Waals surface area contributed by atoms with Crippen molar-refractivity contribution < 1.29 is 23.8 Å². The van der Waals surface area contributed by atoms with E-state index in [1.54, 1.807) is 13.0 Å². The Morgan fingerprint density at radius 2 is 1.92 bits per heavy atom. The van der Waals surface area contributed by atoms with Gasteiger partial charge in [0.2, 0.25) is 11.7 Å². The van der Waals surface area contributed by atoms with Crippen LogP contribution in [0.2, 0.25) is 0 Å². The van der Waals surface area contributed by atoms with Crippen LogP contribution in [0.4, 0.5) is 4.79 Å². The second-order valence-electron chi connectivity index (χ2n) is 4.79. The Hall–Kier alpha value is -3.13. The maximum Gasteiger partial charge on any atom is 0.420 e. The number of hydrogen-bond donors (Lipinski definition) is 2. The van der Waals surface area contributed by atoms with E-state index in [2.05, 4.69) is 4.98 Å². The molecule has 0 saturated heterocycles. The van der Waals surface area contributed by atoms with Gasteiger partial charge in [-0.05, 0) is 12.5 Å². The molecule has 0 radical (unpaired) electrons. The van der Waals surface area contributed by atoms with Gasteiger partial charge in [-0.1, -0.05) is 30.3 Å². The molecule has 0 saturated carbocycles. The average molecular weight is 345 g/mol. The highest BCUT2D eigenvalue weighted by atomic mass is 16.6. The van der Waals surface area contributed by atoms with Crippen LogP contribution in [0.3, 0.4) is 0 Å². The quantitative estimate of drug-likeness (QED) is 0.784. The number of imide groups is 1. The minimum atomic E-state index is -0.996. The first-order valence-electron chi connectivity index (χ1n) is 7.64. The predicted octanol–water partition coefficient (Wildman–Crippen LogP) is 1.63. The molecular formula is C17H19N3O5. The van der Waals surface area contributed by atoms with Crippen LogP contribution < -0.4 is 25.3 Å². The van der Waals surface area contributed by atoms with Crippen molar-refractivity contribution in [1.82, 2.24) is 10.3 Å². The van der Waals surface area contributed by atoms with Crippen LogP contribution in [0.5, 0.6) is 17.4 Å². The summed E-state index contributed by atoms with van der Waals surface area (Å²) in [5.41, 5.74) is 6.10. The molecule has 8 nitrogen and oxygen atoms in total. The summed E-state index contributed by atoms with van der Waals surface area (Å²) in [6.45, 7) is 2.06. The molecule has 0 aliphatic heterocycles.